The number of nitrogens with zero attached hydrogens (tertiary/aromatic N) is 2. The first-order valence-electron chi connectivity index (χ1n) is 9.36. The fourth-order valence-electron chi connectivity index (χ4n) is 3.19. The third-order valence-corrected chi connectivity index (χ3v) is 4.61. The molecule has 1 N–H and O–H groups in total. The van der Waals surface area contributed by atoms with Gasteiger partial charge in [-0.3, -0.25) is 4.79 Å². The second-order valence-corrected chi connectivity index (χ2v) is 7.03. The predicted molar refractivity (Wildman–Crippen MR) is 109 cm³/mol. The highest BCUT2D eigenvalue weighted by Gasteiger charge is 2.11. The number of para-hydroxylation sites is 2. The Morgan fingerprint density at radius 3 is 2.58 bits per heavy atom. The van der Waals surface area contributed by atoms with Crippen LogP contribution in [0, 0.1) is 0 Å². The molecule has 0 aliphatic rings. The van der Waals surface area contributed by atoms with Crippen LogP contribution in [0.25, 0.3) is 21.8 Å². The van der Waals surface area contributed by atoms with Gasteiger partial charge in [-0.05, 0) is 51.7 Å². The molecule has 0 saturated carbocycles. The molecule has 3 aromatic rings. The van der Waals surface area contributed by atoms with Gasteiger partial charge in [0.1, 0.15) is 0 Å². The van der Waals surface area contributed by atoms with Crippen molar-refractivity contribution in [2.24, 2.45) is 0 Å². The number of fused-ring (bicyclic) bond motifs is 2. The maximum atomic E-state index is 12.6. The molecule has 136 valence electrons. The number of aromatic nitrogens is 1. The fraction of sp³-hybridized carbons (Fsp3) is 0.364. The molecule has 0 radical (unpaired) electrons. The lowest BCUT2D eigenvalue weighted by atomic mass is 10.1. The van der Waals surface area contributed by atoms with Crippen molar-refractivity contribution >= 4 is 27.7 Å². The second kappa shape index (κ2) is 8.77. The molecule has 0 saturated heterocycles. The SMILES string of the molecule is CN(C)CCCCCCNC(=O)c1cccc2cc3ccccc3nc12. The first kappa shape index (κ1) is 18.3. The number of nitrogens with one attached hydrogen (secondary N) is 1. The zero-order valence-corrected chi connectivity index (χ0v) is 15.7. The van der Waals surface area contributed by atoms with E-state index in [1.807, 2.05) is 42.5 Å². The highest BCUT2D eigenvalue weighted by atomic mass is 16.1. The Bertz CT molecular complexity index is 889. The summed E-state index contributed by atoms with van der Waals surface area (Å²) in [4.78, 5) is 19.5. The average molecular weight is 349 g/mol. The minimum absolute atomic E-state index is 0.0355. The minimum Gasteiger partial charge on any atom is -0.352 e. The van der Waals surface area contributed by atoms with Gasteiger partial charge >= 0.3 is 0 Å². The van der Waals surface area contributed by atoms with Crippen LogP contribution < -0.4 is 5.32 Å². The van der Waals surface area contributed by atoms with Crippen molar-refractivity contribution in [1.82, 2.24) is 15.2 Å². The lowest BCUT2D eigenvalue weighted by molar-refractivity contribution is 0.0954. The van der Waals surface area contributed by atoms with Gasteiger partial charge in [-0.2, -0.15) is 0 Å². The molecule has 1 heterocycles. The van der Waals surface area contributed by atoms with Crippen LogP contribution in [0.1, 0.15) is 36.0 Å². The number of hydrogen-bond acceptors (Lipinski definition) is 3. The van der Waals surface area contributed by atoms with Crippen LogP contribution >= 0.6 is 0 Å². The first-order chi connectivity index (χ1) is 12.6. The molecule has 0 aliphatic carbocycles. The average Bonchev–Trinajstić information content (AvgIpc) is 2.64. The molecule has 0 atom stereocenters. The number of benzene rings is 2. The van der Waals surface area contributed by atoms with Gasteiger partial charge in [-0.1, -0.05) is 43.2 Å². The molecule has 2 aromatic carbocycles. The standard InChI is InChI=1S/C22H27N3O/c1-25(2)15-8-4-3-7-14-23-22(26)19-12-9-11-18-16-17-10-5-6-13-20(17)24-21(18)19/h5-6,9-13,16H,3-4,7-8,14-15H2,1-2H3,(H,23,26). The van der Waals surface area contributed by atoms with E-state index < -0.39 is 0 Å². The Morgan fingerprint density at radius 1 is 0.962 bits per heavy atom. The fourth-order valence-corrected chi connectivity index (χ4v) is 3.19. The van der Waals surface area contributed by atoms with Gasteiger partial charge in [0, 0.05) is 17.3 Å². The van der Waals surface area contributed by atoms with E-state index in [0.29, 0.717) is 12.1 Å². The summed E-state index contributed by atoms with van der Waals surface area (Å²) < 4.78 is 0. The van der Waals surface area contributed by atoms with E-state index in [9.17, 15) is 4.79 Å². The Morgan fingerprint density at radius 2 is 1.73 bits per heavy atom. The number of carbonyl (C=O) groups excluding carboxylic acids is 1. The molecule has 4 nitrogen and oxygen atoms in total. The minimum atomic E-state index is -0.0355. The summed E-state index contributed by atoms with van der Waals surface area (Å²) in [5.74, 6) is -0.0355. The number of hydrogen-bond donors (Lipinski definition) is 1. The van der Waals surface area contributed by atoms with Crippen LogP contribution in [-0.4, -0.2) is 43.0 Å². The molecular weight excluding hydrogens is 322 g/mol. The van der Waals surface area contributed by atoms with Gasteiger partial charge in [-0.15, -0.1) is 0 Å². The monoisotopic (exact) mass is 349 g/mol. The van der Waals surface area contributed by atoms with Crippen LogP contribution in [0.2, 0.25) is 0 Å². The van der Waals surface area contributed by atoms with E-state index in [-0.39, 0.29) is 5.91 Å². The zero-order valence-electron chi connectivity index (χ0n) is 15.7. The molecule has 4 heteroatoms. The largest absolute Gasteiger partial charge is 0.352 e. The maximum absolute atomic E-state index is 12.6. The van der Waals surface area contributed by atoms with Crippen molar-refractivity contribution in [3.05, 3.63) is 54.1 Å². The van der Waals surface area contributed by atoms with Crippen molar-refractivity contribution in [1.29, 1.82) is 0 Å². The molecule has 26 heavy (non-hydrogen) atoms. The summed E-state index contributed by atoms with van der Waals surface area (Å²) in [5.41, 5.74) is 2.34. The summed E-state index contributed by atoms with van der Waals surface area (Å²) in [6, 6.07) is 15.9. The Labute approximate surface area is 155 Å². The van der Waals surface area contributed by atoms with Crippen LogP contribution in [0.5, 0.6) is 0 Å². The summed E-state index contributed by atoms with van der Waals surface area (Å²) in [6.07, 6.45) is 4.57. The third kappa shape index (κ3) is 4.58. The first-order valence-corrected chi connectivity index (χ1v) is 9.36. The lowest BCUT2D eigenvalue weighted by Crippen LogP contribution is -2.24. The van der Waals surface area contributed by atoms with Crippen molar-refractivity contribution in [3.63, 3.8) is 0 Å². The predicted octanol–water partition coefficient (Wildman–Crippen LogP) is 4.24. The van der Waals surface area contributed by atoms with Crippen LogP contribution in [-0.2, 0) is 0 Å². The van der Waals surface area contributed by atoms with Crippen molar-refractivity contribution in [3.8, 4) is 0 Å². The van der Waals surface area contributed by atoms with Gasteiger partial charge in [0.05, 0.1) is 16.6 Å². The summed E-state index contributed by atoms with van der Waals surface area (Å²) in [5, 5.41) is 5.14. The van der Waals surface area contributed by atoms with E-state index in [2.05, 4.69) is 30.4 Å². The number of pyridine rings is 1. The number of rotatable bonds is 8. The molecule has 0 fully saturated rings. The number of amides is 1. The van der Waals surface area contributed by atoms with Gasteiger partial charge in [-0.25, -0.2) is 4.98 Å². The van der Waals surface area contributed by atoms with Crippen molar-refractivity contribution in [2.75, 3.05) is 27.2 Å². The van der Waals surface area contributed by atoms with E-state index in [0.717, 1.165) is 41.2 Å². The molecule has 0 aliphatic heterocycles. The van der Waals surface area contributed by atoms with Crippen LogP contribution in [0.3, 0.4) is 0 Å². The summed E-state index contributed by atoms with van der Waals surface area (Å²) in [7, 11) is 4.20. The summed E-state index contributed by atoms with van der Waals surface area (Å²) in [6.45, 7) is 1.84. The third-order valence-electron chi connectivity index (χ3n) is 4.61. The lowest BCUT2D eigenvalue weighted by Gasteiger charge is -2.10. The van der Waals surface area contributed by atoms with Gasteiger partial charge in [0.15, 0.2) is 0 Å². The molecular formula is C22H27N3O. The summed E-state index contributed by atoms with van der Waals surface area (Å²) >= 11 is 0. The molecule has 1 aromatic heterocycles. The number of unbranched alkanes of at least 4 members (excludes halogenated alkanes) is 3. The van der Waals surface area contributed by atoms with Crippen LogP contribution in [0.15, 0.2) is 48.5 Å². The van der Waals surface area contributed by atoms with E-state index >= 15 is 0 Å². The van der Waals surface area contributed by atoms with Crippen molar-refractivity contribution in [2.45, 2.75) is 25.7 Å². The second-order valence-electron chi connectivity index (χ2n) is 7.03. The zero-order chi connectivity index (χ0) is 18.4. The Hall–Kier alpha value is -2.46. The smallest absolute Gasteiger partial charge is 0.253 e. The van der Waals surface area contributed by atoms with E-state index in [1.165, 1.54) is 12.8 Å². The highest BCUT2D eigenvalue weighted by Crippen LogP contribution is 2.22. The highest BCUT2D eigenvalue weighted by molar-refractivity contribution is 6.07. The topological polar surface area (TPSA) is 45.2 Å². The van der Waals surface area contributed by atoms with E-state index in [4.69, 9.17) is 4.98 Å². The van der Waals surface area contributed by atoms with E-state index in [1.54, 1.807) is 0 Å². The quantitative estimate of drug-likeness (QED) is 0.489. The van der Waals surface area contributed by atoms with Gasteiger partial charge in [0.25, 0.3) is 5.91 Å². The molecule has 3 rings (SSSR count). The molecule has 0 bridgehead atoms. The van der Waals surface area contributed by atoms with Crippen LogP contribution in [0.4, 0.5) is 0 Å². The molecule has 0 unspecified atom stereocenters. The molecule has 0 spiro atoms. The van der Waals surface area contributed by atoms with Gasteiger partial charge in [0.2, 0.25) is 0 Å². The van der Waals surface area contributed by atoms with Crippen molar-refractivity contribution < 1.29 is 4.79 Å². The normalized spacial score (nSPS) is 11.3. The number of carbonyl (C=O) groups is 1. The Balaban J connectivity index is 1.62. The maximum Gasteiger partial charge on any atom is 0.253 e. The van der Waals surface area contributed by atoms with Gasteiger partial charge < -0.3 is 10.2 Å². The molecule has 1 amide bonds. The Kier molecular flexibility index (Phi) is 6.18.